The molecule has 1 aromatic carbocycles. The second kappa shape index (κ2) is 7.16. The first-order valence-corrected chi connectivity index (χ1v) is 9.78. The summed E-state index contributed by atoms with van der Waals surface area (Å²) >= 11 is 0. The zero-order valence-electron chi connectivity index (χ0n) is 16.1. The van der Waals surface area contributed by atoms with Crippen LogP contribution in [0.15, 0.2) is 61.2 Å². The van der Waals surface area contributed by atoms with Crippen LogP contribution < -0.4 is 4.90 Å². The van der Waals surface area contributed by atoms with E-state index in [1.54, 1.807) is 27.7 Å². The normalized spacial score (nSPS) is 17.0. The number of fused-ring (bicyclic) bond motifs is 1. The van der Waals surface area contributed by atoms with E-state index in [1.807, 2.05) is 49.7 Å². The summed E-state index contributed by atoms with van der Waals surface area (Å²) in [6.45, 7) is 2.86. The number of hydrogen-bond acceptors (Lipinski definition) is 4. The highest BCUT2D eigenvalue weighted by Gasteiger charge is 2.29. The molecule has 4 heterocycles. The van der Waals surface area contributed by atoms with E-state index < -0.39 is 0 Å². The van der Waals surface area contributed by atoms with Crippen LogP contribution in [0, 0.1) is 5.82 Å². The van der Waals surface area contributed by atoms with Crippen LogP contribution in [0.2, 0.25) is 0 Å². The number of aromatic nitrogens is 5. The highest BCUT2D eigenvalue weighted by molar-refractivity contribution is 5.62. The van der Waals surface area contributed by atoms with Crippen molar-refractivity contribution in [3.63, 3.8) is 0 Å². The Morgan fingerprint density at radius 3 is 2.93 bits per heavy atom. The van der Waals surface area contributed by atoms with Gasteiger partial charge in [-0.3, -0.25) is 0 Å². The lowest BCUT2D eigenvalue weighted by atomic mass is 9.97. The molecule has 1 aliphatic rings. The summed E-state index contributed by atoms with van der Waals surface area (Å²) in [7, 11) is 0. The lowest BCUT2D eigenvalue weighted by molar-refractivity contribution is 0.617. The fraction of sp³-hybridized carbons (Fsp3) is 0.227. The molecule has 5 rings (SSSR count). The molecule has 3 aromatic heterocycles. The van der Waals surface area contributed by atoms with Gasteiger partial charge in [0.1, 0.15) is 17.3 Å². The average Bonchev–Trinajstić information content (AvgIpc) is 3.48. The number of benzene rings is 1. The fourth-order valence-electron chi connectivity index (χ4n) is 4.11. The molecule has 0 amide bonds. The van der Waals surface area contributed by atoms with Gasteiger partial charge < -0.3 is 4.90 Å². The van der Waals surface area contributed by atoms with E-state index in [2.05, 4.69) is 15.1 Å². The smallest absolute Gasteiger partial charge is 0.183 e. The Hall–Kier alpha value is -3.48. The van der Waals surface area contributed by atoms with E-state index in [1.165, 1.54) is 6.07 Å². The SMILES string of the molecule is C/C=C/c1ccc(F)cc1C1CCCN1c1ccn2ncc(-n3cccn3)c2n1. The number of anilines is 1. The van der Waals surface area contributed by atoms with Gasteiger partial charge in [-0.1, -0.05) is 18.2 Å². The predicted molar refractivity (Wildman–Crippen MR) is 111 cm³/mol. The molecule has 4 aromatic rings. The minimum absolute atomic E-state index is 0.0860. The van der Waals surface area contributed by atoms with Gasteiger partial charge in [0.2, 0.25) is 0 Å². The molecule has 1 saturated heterocycles. The summed E-state index contributed by atoms with van der Waals surface area (Å²) in [5, 5.41) is 8.69. The first kappa shape index (κ1) is 17.6. The fourth-order valence-corrected chi connectivity index (χ4v) is 4.11. The van der Waals surface area contributed by atoms with Gasteiger partial charge in [-0.15, -0.1) is 0 Å². The van der Waals surface area contributed by atoms with Crippen LogP contribution in [0.3, 0.4) is 0 Å². The van der Waals surface area contributed by atoms with Gasteiger partial charge in [0.05, 0.1) is 12.2 Å². The number of rotatable bonds is 4. The number of hydrogen-bond donors (Lipinski definition) is 0. The van der Waals surface area contributed by atoms with Crippen molar-refractivity contribution in [1.29, 1.82) is 0 Å². The van der Waals surface area contributed by atoms with Crippen LogP contribution in [-0.4, -0.2) is 30.9 Å². The van der Waals surface area contributed by atoms with Crippen LogP contribution >= 0.6 is 0 Å². The molecule has 0 radical (unpaired) electrons. The van der Waals surface area contributed by atoms with Crippen LogP contribution in [-0.2, 0) is 0 Å². The van der Waals surface area contributed by atoms with E-state index in [4.69, 9.17) is 4.98 Å². The van der Waals surface area contributed by atoms with Gasteiger partial charge >= 0.3 is 0 Å². The van der Waals surface area contributed by atoms with Crippen LogP contribution in [0.25, 0.3) is 17.4 Å². The van der Waals surface area contributed by atoms with Gasteiger partial charge in [-0.2, -0.15) is 10.2 Å². The lowest BCUT2D eigenvalue weighted by Crippen LogP contribution is -2.24. The Balaban J connectivity index is 1.58. The molecule has 1 unspecified atom stereocenters. The van der Waals surface area contributed by atoms with Gasteiger partial charge in [0, 0.05) is 25.1 Å². The first-order valence-electron chi connectivity index (χ1n) is 9.78. The molecular formula is C22H21FN6. The maximum atomic E-state index is 14.1. The van der Waals surface area contributed by atoms with Crippen molar-refractivity contribution in [3.05, 3.63) is 78.1 Å². The molecular weight excluding hydrogens is 367 g/mol. The van der Waals surface area contributed by atoms with Crippen LogP contribution in [0.4, 0.5) is 10.2 Å². The van der Waals surface area contributed by atoms with Crippen molar-refractivity contribution in [1.82, 2.24) is 24.4 Å². The lowest BCUT2D eigenvalue weighted by Gasteiger charge is -2.27. The third kappa shape index (κ3) is 3.08. The molecule has 29 heavy (non-hydrogen) atoms. The summed E-state index contributed by atoms with van der Waals surface area (Å²) in [5.74, 6) is 0.657. The van der Waals surface area contributed by atoms with Gasteiger partial charge in [-0.05, 0) is 55.2 Å². The van der Waals surface area contributed by atoms with Gasteiger partial charge in [-0.25, -0.2) is 18.6 Å². The Morgan fingerprint density at radius 1 is 1.17 bits per heavy atom. The Labute approximate surface area is 167 Å². The quantitative estimate of drug-likeness (QED) is 0.519. The molecule has 7 heteroatoms. The summed E-state index contributed by atoms with van der Waals surface area (Å²) in [4.78, 5) is 7.17. The highest BCUT2D eigenvalue weighted by atomic mass is 19.1. The Kier molecular flexibility index (Phi) is 4.35. The van der Waals surface area contributed by atoms with Crippen molar-refractivity contribution in [2.24, 2.45) is 0 Å². The Bertz CT molecular complexity index is 1180. The maximum Gasteiger partial charge on any atom is 0.183 e. The molecule has 0 bridgehead atoms. The van der Waals surface area contributed by atoms with Gasteiger partial charge in [0.25, 0.3) is 0 Å². The number of nitrogens with zero attached hydrogens (tertiary/aromatic N) is 6. The zero-order valence-corrected chi connectivity index (χ0v) is 16.1. The Morgan fingerprint density at radius 2 is 2.10 bits per heavy atom. The number of halogens is 1. The topological polar surface area (TPSA) is 51.2 Å². The van der Waals surface area contributed by atoms with Crippen LogP contribution in [0.5, 0.6) is 0 Å². The molecule has 1 fully saturated rings. The minimum Gasteiger partial charge on any atom is -0.349 e. The third-order valence-electron chi connectivity index (χ3n) is 5.39. The zero-order chi connectivity index (χ0) is 19.8. The molecule has 146 valence electrons. The van der Waals surface area contributed by atoms with E-state index in [0.717, 1.165) is 47.7 Å². The maximum absolute atomic E-state index is 14.1. The standard InChI is InChI=1S/C22H21FN6/c1-2-5-16-7-8-17(23)14-18(16)19-6-3-11-27(19)21-9-13-29-22(26-21)20(15-25-29)28-12-4-10-24-28/h2,4-5,7-10,12-15,19H,3,6,11H2,1H3/b5-2+. The van der Waals surface area contributed by atoms with Crippen molar-refractivity contribution < 1.29 is 4.39 Å². The summed E-state index contributed by atoms with van der Waals surface area (Å²) < 4.78 is 17.6. The molecule has 6 nitrogen and oxygen atoms in total. The summed E-state index contributed by atoms with van der Waals surface area (Å²) in [5.41, 5.74) is 3.62. The summed E-state index contributed by atoms with van der Waals surface area (Å²) in [6, 6.07) is 8.96. The molecule has 0 saturated carbocycles. The molecule has 1 aliphatic heterocycles. The summed E-state index contributed by atoms with van der Waals surface area (Å²) in [6.07, 6.45) is 13.3. The largest absolute Gasteiger partial charge is 0.349 e. The van der Waals surface area contributed by atoms with E-state index >= 15 is 0 Å². The first-order chi connectivity index (χ1) is 14.2. The second-order valence-corrected chi connectivity index (χ2v) is 7.16. The van der Waals surface area contributed by atoms with Gasteiger partial charge in [0.15, 0.2) is 5.65 Å². The van der Waals surface area contributed by atoms with E-state index in [9.17, 15) is 4.39 Å². The molecule has 0 N–H and O–H groups in total. The minimum atomic E-state index is -0.208. The average molecular weight is 388 g/mol. The third-order valence-corrected chi connectivity index (χ3v) is 5.39. The van der Waals surface area contributed by atoms with E-state index in [0.29, 0.717) is 0 Å². The predicted octanol–water partition coefficient (Wildman–Crippen LogP) is 4.43. The second-order valence-electron chi connectivity index (χ2n) is 7.16. The van der Waals surface area contributed by atoms with Crippen LogP contribution in [0.1, 0.15) is 36.9 Å². The molecule has 0 aliphatic carbocycles. The van der Waals surface area contributed by atoms with Crippen molar-refractivity contribution in [2.45, 2.75) is 25.8 Å². The monoisotopic (exact) mass is 388 g/mol. The van der Waals surface area contributed by atoms with Crippen molar-refractivity contribution in [2.75, 3.05) is 11.4 Å². The van der Waals surface area contributed by atoms with Crippen molar-refractivity contribution >= 4 is 17.5 Å². The molecule has 1 atom stereocenters. The highest BCUT2D eigenvalue weighted by Crippen LogP contribution is 2.37. The number of allylic oxidation sites excluding steroid dienone is 1. The van der Waals surface area contributed by atoms with E-state index in [-0.39, 0.29) is 11.9 Å². The molecule has 0 spiro atoms. The van der Waals surface area contributed by atoms with Crippen molar-refractivity contribution in [3.8, 4) is 5.69 Å².